The molecule has 0 fully saturated rings. The normalized spacial score (nSPS) is 23.3. The van der Waals surface area contributed by atoms with Crippen molar-refractivity contribution in [2.24, 2.45) is 5.92 Å². The largest absolute Gasteiger partial charge is 0.478 e. The second-order valence-electron chi connectivity index (χ2n) is 8.44. The lowest BCUT2D eigenvalue weighted by Gasteiger charge is -2.39. The van der Waals surface area contributed by atoms with E-state index in [1.54, 1.807) is 6.92 Å². The number of aliphatic hydroxyl groups is 4. The van der Waals surface area contributed by atoms with Gasteiger partial charge in [-0.05, 0) is 24.8 Å². The smallest absolute Gasteiger partial charge is 0.373 e. The van der Waals surface area contributed by atoms with E-state index < -0.39 is 55.0 Å². The summed E-state index contributed by atoms with van der Waals surface area (Å²) >= 11 is 0. The van der Waals surface area contributed by atoms with Crippen molar-refractivity contribution in [1.82, 2.24) is 20.3 Å². The van der Waals surface area contributed by atoms with Crippen LogP contribution < -0.4 is 5.32 Å². The van der Waals surface area contributed by atoms with E-state index in [0.29, 0.717) is 18.8 Å². The summed E-state index contributed by atoms with van der Waals surface area (Å²) in [5.74, 6) is -1.18. The van der Waals surface area contributed by atoms with Crippen LogP contribution in [0, 0.1) is 5.92 Å². The molecule has 0 saturated heterocycles. The minimum Gasteiger partial charge on any atom is -0.478 e. The molecule has 2 heterocycles. The zero-order chi connectivity index (χ0) is 24.7. The number of ether oxygens (including phenoxy) is 2. The zero-order valence-corrected chi connectivity index (χ0v) is 19.3. The van der Waals surface area contributed by atoms with Crippen LogP contribution in [0.4, 0.5) is 0 Å². The summed E-state index contributed by atoms with van der Waals surface area (Å²) in [7, 11) is 0. The van der Waals surface area contributed by atoms with Crippen molar-refractivity contribution in [3.8, 4) is 0 Å². The van der Waals surface area contributed by atoms with Gasteiger partial charge in [-0.3, -0.25) is 4.79 Å². The highest BCUT2D eigenvalue weighted by Gasteiger charge is 2.45. The van der Waals surface area contributed by atoms with Gasteiger partial charge in [0.1, 0.15) is 24.0 Å². The maximum Gasteiger partial charge on any atom is 0.373 e. The van der Waals surface area contributed by atoms with Gasteiger partial charge >= 0.3 is 5.97 Å². The monoisotopic (exact) mass is 470 g/mol. The summed E-state index contributed by atoms with van der Waals surface area (Å²) in [6.07, 6.45) is -1.58. The first-order valence-electron chi connectivity index (χ1n) is 11.0. The minimum absolute atomic E-state index is 0.152. The lowest BCUT2D eigenvalue weighted by molar-refractivity contribution is -0.152. The van der Waals surface area contributed by atoms with Crippen molar-refractivity contribution in [3.05, 3.63) is 23.7 Å². The third-order valence-electron chi connectivity index (χ3n) is 5.29. The summed E-state index contributed by atoms with van der Waals surface area (Å²) in [6.45, 7) is 6.37. The second-order valence-corrected chi connectivity index (χ2v) is 8.44. The third-order valence-corrected chi connectivity index (χ3v) is 5.29. The Balaban J connectivity index is 2.46. The van der Waals surface area contributed by atoms with Crippen LogP contribution in [0.2, 0.25) is 0 Å². The molecule has 0 radical (unpaired) electrons. The van der Waals surface area contributed by atoms with Crippen LogP contribution in [-0.4, -0.2) is 84.9 Å². The Morgan fingerprint density at radius 1 is 1.30 bits per heavy atom. The number of hydrogen-bond acceptors (Lipinski definition) is 10. The molecule has 33 heavy (non-hydrogen) atoms. The van der Waals surface area contributed by atoms with E-state index in [2.05, 4.69) is 15.6 Å². The molecule has 1 amide bonds. The predicted octanol–water partition coefficient (Wildman–Crippen LogP) is -0.647. The molecule has 186 valence electrons. The van der Waals surface area contributed by atoms with Gasteiger partial charge in [0.15, 0.2) is 0 Å². The van der Waals surface area contributed by atoms with Crippen molar-refractivity contribution >= 4 is 11.9 Å². The van der Waals surface area contributed by atoms with Crippen LogP contribution >= 0.6 is 0 Å². The Kier molecular flexibility index (Phi) is 9.77. The molecule has 0 aromatic carbocycles. The lowest BCUT2D eigenvalue weighted by Crippen LogP contribution is -2.58. The molecular weight excluding hydrogens is 436 g/mol. The first kappa shape index (κ1) is 26.7. The first-order valence-corrected chi connectivity index (χ1v) is 11.0. The molecule has 0 aliphatic carbocycles. The van der Waals surface area contributed by atoms with Gasteiger partial charge < -0.3 is 35.2 Å². The Labute approximate surface area is 192 Å². The molecule has 1 aliphatic rings. The van der Waals surface area contributed by atoms with Gasteiger partial charge in [-0.25, -0.2) is 9.48 Å². The predicted molar refractivity (Wildman–Crippen MR) is 114 cm³/mol. The van der Waals surface area contributed by atoms with Gasteiger partial charge in [0.2, 0.25) is 11.7 Å². The Morgan fingerprint density at radius 3 is 2.58 bits per heavy atom. The van der Waals surface area contributed by atoms with Crippen molar-refractivity contribution in [2.45, 2.75) is 77.0 Å². The quantitative estimate of drug-likeness (QED) is 0.261. The fraction of sp³-hybridized carbons (Fsp3) is 0.714. The van der Waals surface area contributed by atoms with E-state index in [-0.39, 0.29) is 18.1 Å². The SMILES string of the molecule is CCC(O)c1cn([C@H]2C=C(C(=O)OCCC(C)C)O[C@@H]([C@H](O)[C@H](O)CO)[C@@H]2NC(C)=O)nn1. The van der Waals surface area contributed by atoms with E-state index in [1.165, 1.54) is 23.9 Å². The standard InChI is InChI=1S/C21H34N4O8/c1-5-15(28)13-9-25(24-23-13)14-8-17(21(31)32-7-6-11(2)3)33-20(18(14)22-12(4)27)19(30)16(29)10-26/h8-9,11,14-16,18-20,26,28-30H,5-7,10H2,1-4H3,(H,22,27)/t14-,15?,16+,18+,19+,20+/m0/s1. The fourth-order valence-corrected chi connectivity index (χ4v) is 3.34. The molecule has 1 unspecified atom stereocenters. The molecule has 6 atom stereocenters. The fourth-order valence-electron chi connectivity index (χ4n) is 3.34. The molecule has 12 heteroatoms. The Bertz CT molecular complexity index is 827. The molecule has 0 spiro atoms. The molecule has 2 rings (SSSR count). The average Bonchev–Trinajstić information content (AvgIpc) is 3.26. The number of nitrogens with zero attached hydrogens (tertiary/aromatic N) is 3. The molecule has 0 saturated carbocycles. The van der Waals surface area contributed by atoms with Crippen LogP contribution in [-0.2, 0) is 19.1 Å². The van der Waals surface area contributed by atoms with Crippen LogP contribution in [0.5, 0.6) is 0 Å². The van der Waals surface area contributed by atoms with Crippen LogP contribution in [0.1, 0.15) is 58.4 Å². The second kappa shape index (κ2) is 12.1. The molecule has 0 bridgehead atoms. The number of aliphatic hydroxyl groups excluding tert-OH is 4. The Hall–Kier alpha value is -2.54. The lowest BCUT2D eigenvalue weighted by atomic mass is 9.92. The highest BCUT2D eigenvalue weighted by Crippen LogP contribution is 2.31. The van der Waals surface area contributed by atoms with E-state index in [4.69, 9.17) is 9.47 Å². The molecule has 1 aromatic heterocycles. The van der Waals surface area contributed by atoms with E-state index in [0.717, 1.165) is 0 Å². The van der Waals surface area contributed by atoms with Gasteiger partial charge in [0.25, 0.3) is 0 Å². The molecule has 1 aromatic rings. The summed E-state index contributed by atoms with van der Waals surface area (Å²) in [4.78, 5) is 24.6. The number of carbonyl (C=O) groups excluding carboxylic acids is 2. The maximum absolute atomic E-state index is 12.7. The van der Waals surface area contributed by atoms with Crippen LogP contribution in [0.15, 0.2) is 18.0 Å². The summed E-state index contributed by atoms with van der Waals surface area (Å²) in [5, 5.41) is 50.6. The topological polar surface area (TPSA) is 176 Å². The van der Waals surface area contributed by atoms with Crippen LogP contribution in [0.25, 0.3) is 0 Å². The number of aromatic nitrogens is 3. The first-order chi connectivity index (χ1) is 15.6. The molecule has 12 nitrogen and oxygen atoms in total. The van der Waals surface area contributed by atoms with E-state index >= 15 is 0 Å². The van der Waals surface area contributed by atoms with E-state index in [1.807, 2.05) is 13.8 Å². The van der Waals surface area contributed by atoms with E-state index in [9.17, 15) is 30.0 Å². The minimum atomic E-state index is -1.66. The highest BCUT2D eigenvalue weighted by molar-refractivity contribution is 5.86. The van der Waals surface area contributed by atoms with Gasteiger partial charge in [-0.1, -0.05) is 26.0 Å². The van der Waals surface area contributed by atoms with Gasteiger partial charge in [-0.2, -0.15) is 0 Å². The number of esters is 1. The average molecular weight is 471 g/mol. The number of nitrogens with one attached hydrogen (secondary N) is 1. The van der Waals surface area contributed by atoms with Gasteiger partial charge in [0.05, 0.1) is 37.6 Å². The molecule has 1 aliphatic heterocycles. The maximum atomic E-state index is 12.7. The van der Waals surface area contributed by atoms with Crippen molar-refractivity contribution < 1.29 is 39.5 Å². The zero-order valence-electron chi connectivity index (χ0n) is 19.3. The third kappa shape index (κ3) is 6.97. The van der Waals surface area contributed by atoms with Gasteiger partial charge in [0, 0.05) is 6.92 Å². The van der Waals surface area contributed by atoms with Crippen molar-refractivity contribution in [1.29, 1.82) is 0 Å². The number of rotatable bonds is 11. The Morgan fingerprint density at radius 2 is 2.00 bits per heavy atom. The summed E-state index contributed by atoms with van der Waals surface area (Å²) < 4.78 is 12.3. The summed E-state index contributed by atoms with van der Waals surface area (Å²) in [6, 6.07) is -1.88. The number of amides is 1. The van der Waals surface area contributed by atoms with Crippen molar-refractivity contribution in [3.63, 3.8) is 0 Å². The summed E-state index contributed by atoms with van der Waals surface area (Å²) in [5.41, 5.74) is 0.285. The number of hydrogen-bond donors (Lipinski definition) is 5. The highest BCUT2D eigenvalue weighted by atomic mass is 16.6. The van der Waals surface area contributed by atoms with Crippen molar-refractivity contribution in [2.75, 3.05) is 13.2 Å². The van der Waals surface area contributed by atoms with Crippen LogP contribution in [0.3, 0.4) is 0 Å². The molecule has 5 N–H and O–H groups in total. The van der Waals surface area contributed by atoms with Gasteiger partial charge in [-0.15, -0.1) is 5.10 Å². The number of carbonyl (C=O) groups is 2. The molecular formula is C21H34N4O8.